The summed E-state index contributed by atoms with van der Waals surface area (Å²) < 4.78 is 5.68. The normalized spacial score (nSPS) is 15.6. The third-order valence-corrected chi connectivity index (χ3v) is 4.43. The van der Waals surface area contributed by atoms with Gasteiger partial charge in [-0.15, -0.1) is 24.0 Å². The Bertz CT molecular complexity index is 530. The Morgan fingerprint density at radius 2 is 1.88 bits per heavy atom. The Balaban J connectivity index is 0.00000338. The van der Waals surface area contributed by atoms with Gasteiger partial charge in [0.25, 0.3) is 0 Å². The number of likely N-dealkylation sites (tertiary alicyclic amines) is 1. The van der Waals surface area contributed by atoms with Crippen molar-refractivity contribution in [2.24, 2.45) is 4.99 Å². The van der Waals surface area contributed by atoms with Crippen LogP contribution in [0.1, 0.15) is 44.2 Å². The van der Waals surface area contributed by atoms with E-state index in [4.69, 9.17) is 4.74 Å². The highest BCUT2D eigenvalue weighted by Crippen LogP contribution is 2.08. The summed E-state index contributed by atoms with van der Waals surface area (Å²) in [5.74, 6) is 0.862. The van der Waals surface area contributed by atoms with Crippen LogP contribution in [-0.2, 0) is 17.9 Å². The molecule has 5 nitrogen and oxygen atoms in total. The lowest BCUT2D eigenvalue weighted by atomic mass is 10.1. The van der Waals surface area contributed by atoms with Gasteiger partial charge < -0.3 is 20.3 Å². The van der Waals surface area contributed by atoms with Gasteiger partial charge in [0.15, 0.2) is 5.96 Å². The number of aliphatic imine (C=N–C) groups is 1. The second kappa shape index (κ2) is 13.3. The Labute approximate surface area is 176 Å². The number of guanidine groups is 1. The molecule has 1 aliphatic rings. The molecule has 1 aromatic carbocycles. The lowest BCUT2D eigenvalue weighted by molar-refractivity contribution is 0.0657. The van der Waals surface area contributed by atoms with Gasteiger partial charge in [-0.1, -0.05) is 30.7 Å². The monoisotopic (exact) mass is 474 g/mol. The molecule has 0 aromatic heterocycles. The topological polar surface area (TPSA) is 48.9 Å². The molecule has 26 heavy (non-hydrogen) atoms. The third-order valence-electron chi connectivity index (χ3n) is 4.43. The second-order valence-electron chi connectivity index (χ2n) is 6.93. The van der Waals surface area contributed by atoms with Crippen LogP contribution in [0.15, 0.2) is 29.3 Å². The minimum Gasteiger partial charge on any atom is -0.374 e. The van der Waals surface area contributed by atoms with Crippen LogP contribution in [0.2, 0.25) is 0 Å². The van der Waals surface area contributed by atoms with E-state index in [0.29, 0.717) is 6.61 Å². The summed E-state index contributed by atoms with van der Waals surface area (Å²) in [5, 5.41) is 6.81. The van der Waals surface area contributed by atoms with Crippen molar-refractivity contribution >= 4 is 29.9 Å². The van der Waals surface area contributed by atoms with Crippen LogP contribution in [0.5, 0.6) is 0 Å². The number of hydrogen-bond donors (Lipinski definition) is 2. The van der Waals surface area contributed by atoms with Gasteiger partial charge in [-0.05, 0) is 50.9 Å². The average Bonchev–Trinajstić information content (AvgIpc) is 2.64. The van der Waals surface area contributed by atoms with Crippen molar-refractivity contribution in [1.29, 1.82) is 0 Å². The van der Waals surface area contributed by atoms with E-state index in [0.717, 1.165) is 25.6 Å². The van der Waals surface area contributed by atoms with Gasteiger partial charge in [0.1, 0.15) is 0 Å². The van der Waals surface area contributed by atoms with Crippen molar-refractivity contribution in [2.75, 3.05) is 33.2 Å². The summed E-state index contributed by atoms with van der Waals surface area (Å²) in [6.07, 6.45) is 4.31. The standard InChI is InChI=1S/C20H34N4O.HI/c1-17(2)25-16-19-9-7-8-18(14-19)15-23-20(21-3)22-10-13-24-11-5-4-6-12-24;/h7-9,14,17H,4-6,10-13,15-16H2,1-3H3,(H2,21,22,23);1H. The molecule has 0 saturated carbocycles. The molecule has 1 heterocycles. The van der Waals surface area contributed by atoms with Crippen molar-refractivity contribution in [2.45, 2.75) is 52.4 Å². The van der Waals surface area contributed by atoms with Crippen LogP contribution in [0.3, 0.4) is 0 Å². The van der Waals surface area contributed by atoms with Crippen LogP contribution in [0.25, 0.3) is 0 Å². The molecule has 0 unspecified atom stereocenters. The average molecular weight is 474 g/mol. The summed E-state index contributed by atoms with van der Waals surface area (Å²) >= 11 is 0. The Morgan fingerprint density at radius 1 is 1.15 bits per heavy atom. The zero-order valence-electron chi connectivity index (χ0n) is 16.5. The molecule has 1 saturated heterocycles. The van der Waals surface area contributed by atoms with Crippen molar-refractivity contribution < 1.29 is 4.74 Å². The molecule has 0 radical (unpaired) electrons. The number of nitrogens with zero attached hydrogens (tertiary/aromatic N) is 2. The highest BCUT2D eigenvalue weighted by Gasteiger charge is 2.09. The number of nitrogens with one attached hydrogen (secondary N) is 2. The van der Waals surface area contributed by atoms with E-state index < -0.39 is 0 Å². The first kappa shape index (κ1) is 23.2. The number of piperidine rings is 1. The van der Waals surface area contributed by atoms with E-state index in [9.17, 15) is 0 Å². The summed E-state index contributed by atoms with van der Waals surface area (Å²) in [4.78, 5) is 6.85. The van der Waals surface area contributed by atoms with Crippen LogP contribution in [0, 0.1) is 0 Å². The highest BCUT2D eigenvalue weighted by molar-refractivity contribution is 14.0. The van der Waals surface area contributed by atoms with E-state index >= 15 is 0 Å². The molecule has 1 aromatic rings. The largest absolute Gasteiger partial charge is 0.374 e. The minimum atomic E-state index is 0. The maximum Gasteiger partial charge on any atom is 0.191 e. The van der Waals surface area contributed by atoms with E-state index in [1.165, 1.54) is 43.5 Å². The summed E-state index contributed by atoms with van der Waals surface area (Å²) in [6, 6.07) is 8.52. The number of benzene rings is 1. The summed E-state index contributed by atoms with van der Waals surface area (Å²) in [5.41, 5.74) is 2.45. The third kappa shape index (κ3) is 9.19. The smallest absolute Gasteiger partial charge is 0.191 e. The fourth-order valence-electron chi connectivity index (χ4n) is 3.01. The van der Waals surface area contributed by atoms with E-state index in [1.807, 2.05) is 7.05 Å². The second-order valence-corrected chi connectivity index (χ2v) is 6.93. The lowest BCUT2D eigenvalue weighted by Crippen LogP contribution is -2.42. The summed E-state index contributed by atoms with van der Waals surface area (Å²) in [6.45, 7) is 10.0. The zero-order valence-corrected chi connectivity index (χ0v) is 18.8. The number of halogens is 1. The molecule has 2 N–H and O–H groups in total. The van der Waals surface area contributed by atoms with Crippen molar-refractivity contribution in [3.05, 3.63) is 35.4 Å². The van der Waals surface area contributed by atoms with E-state index in [1.54, 1.807) is 0 Å². The SMILES string of the molecule is CN=C(NCCN1CCCCC1)NCc1cccc(COC(C)C)c1.I. The Kier molecular flexibility index (Phi) is 11.9. The molecule has 0 atom stereocenters. The molecular weight excluding hydrogens is 439 g/mol. The van der Waals surface area contributed by atoms with Gasteiger partial charge in [0, 0.05) is 26.7 Å². The number of rotatable bonds is 8. The maximum absolute atomic E-state index is 5.68. The number of ether oxygens (including phenoxy) is 1. The predicted molar refractivity (Wildman–Crippen MR) is 120 cm³/mol. The zero-order chi connectivity index (χ0) is 17.9. The van der Waals surface area contributed by atoms with Gasteiger partial charge >= 0.3 is 0 Å². The molecular formula is C20H35IN4O. The Hall–Kier alpha value is -0.860. The molecule has 6 heteroatoms. The van der Waals surface area contributed by atoms with E-state index in [2.05, 4.69) is 58.6 Å². The summed E-state index contributed by atoms with van der Waals surface area (Å²) in [7, 11) is 1.82. The van der Waals surface area contributed by atoms with Crippen LogP contribution in [-0.4, -0.2) is 50.2 Å². The van der Waals surface area contributed by atoms with Gasteiger partial charge in [-0.25, -0.2) is 0 Å². The molecule has 0 amide bonds. The highest BCUT2D eigenvalue weighted by atomic mass is 127. The molecule has 148 valence electrons. The van der Waals surface area contributed by atoms with Gasteiger partial charge in [0.2, 0.25) is 0 Å². The fourth-order valence-corrected chi connectivity index (χ4v) is 3.01. The van der Waals surface area contributed by atoms with Gasteiger partial charge in [0.05, 0.1) is 12.7 Å². The molecule has 1 aliphatic heterocycles. The van der Waals surface area contributed by atoms with Gasteiger partial charge in [-0.3, -0.25) is 4.99 Å². The van der Waals surface area contributed by atoms with Crippen molar-refractivity contribution in [3.63, 3.8) is 0 Å². The molecule has 2 rings (SSSR count). The first-order valence-corrected chi connectivity index (χ1v) is 9.53. The van der Waals surface area contributed by atoms with Crippen LogP contribution < -0.4 is 10.6 Å². The van der Waals surface area contributed by atoms with Crippen LogP contribution in [0.4, 0.5) is 0 Å². The number of hydrogen-bond acceptors (Lipinski definition) is 3. The van der Waals surface area contributed by atoms with Gasteiger partial charge in [-0.2, -0.15) is 0 Å². The lowest BCUT2D eigenvalue weighted by Gasteiger charge is -2.26. The van der Waals surface area contributed by atoms with E-state index in [-0.39, 0.29) is 30.1 Å². The fraction of sp³-hybridized carbons (Fsp3) is 0.650. The minimum absolute atomic E-state index is 0. The molecule has 0 aliphatic carbocycles. The van der Waals surface area contributed by atoms with Crippen molar-refractivity contribution in [1.82, 2.24) is 15.5 Å². The first-order chi connectivity index (χ1) is 12.2. The molecule has 1 fully saturated rings. The quantitative estimate of drug-likeness (QED) is 0.345. The maximum atomic E-state index is 5.68. The predicted octanol–water partition coefficient (Wildman–Crippen LogP) is 3.38. The first-order valence-electron chi connectivity index (χ1n) is 9.53. The van der Waals surface area contributed by atoms with Crippen molar-refractivity contribution in [3.8, 4) is 0 Å². The Morgan fingerprint density at radius 3 is 2.58 bits per heavy atom. The molecule has 0 spiro atoms. The molecule has 0 bridgehead atoms. The van der Waals surface area contributed by atoms with Crippen LogP contribution >= 0.6 is 24.0 Å².